The lowest BCUT2D eigenvalue weighted by atomic mass is 10.2. The lowest BCUT2D eigenvalue weighted by Gasteiger charge is -1.98. The summed E-state index contributed by atoms with van der Waals surface area (Å²) in [7, 11) is 1.67. The van der Waals surface area contributed by atoms with E-state index in [0.29, 0.717) is 5.75 Å². The lowest BCUT2D eigenvalue weighted by Crippen LogP contribution is -1.80. The summed E-state index contributed by atoms with van der Waals surface area (Å²) in [5.41, 5.74) is 0. The van der Waals surface area contributed by atoms with E-state index >= 15 is 0 Å². The molecule has 21 heavy (non-hydrogen) atoms. The minimum atomic E-state index is 0.311. The molecule has 2 aromatic carbocycles. The third-order valence-corrected chi connectivity index (χ3v) is 4.48. The molecule has 0 radical (unpaired) electrons. The van der Waals surface area contributed by atoms with Crippen LogP contribution in [0.15, 0.2) is 48.8 Å². The summed E-state index contributed by atoms with van der Waals surface area (Å²) in [6.07, 6.45) is 3.51. The molecule has 0 saturated heterocycles. The summed E-state index contributed by atoms with van der Waals surface area (Å²) in [6.45, 7) is 0. The van der Waals surface area contributed by atoms with Gasteiger partial charge in [-0.05, 0) is 47.3 Å². The van der Waals surface area contributed by atoms with Crippen molar-refractivity contribution in [1.82, 2.24) is 8.75 Å². The highest BCUT2D eigenvalue weighted by atomic mass is 32.1. The van der Waals surface area contributed by atoms with Crippen LogP contribution in [0.2, 0.25) is 0 Å². The van der Waals surface area contributed by atoms with Crippen LogP contribution in [-0.2, 0) is 0 Å². The Hall–Kier alpha value is -2.18. The SMILES string of the molecule is COc1cccc2sncc12.Oc1cccc2sncc12. The molecule has 0 bridgehead atoms. The van der Waals surface area contributed by atoms with E-state index in [4.69, 9.17) is 4.74 Å². The zero-order valence-corrected chi connectivity index (χ0v) is 12.8. The van der Waals surface area contributed by atoms with E-state index in [1.807, 2.05) is 36.5 Å². The van der Waals surface area contributed by atoms with Crippen molar-refractivity contribution in [2.24, 2.45) is 0 Å². The van der Waals surface area contributed by atoms with Gasteiger partial charge in [0.25, 0.3) is 0 Å². The predicted octanol–water partition coefficient (Wildman–Crippen LogP) is 4.31. The van der Waals surface area contributed by atoms with Gasteiger partial charge < -0.3 is 9.84 Å². The first kappa shape index (κ1) is 13.8. The molecule has 6 heteroatoms. The maximum atomic E-state index is 9.23. The number of benzene rings is 2. The summed E-state index contributed by atoms with van der Waals surface area (Å²) in [6, 6.07) is 11.4. The van der Waals surface area contributed by atoms with Crippen molar-refractivity contribution >= 4 is 43.2 Å². The molecule has 2 heterocycles. The number of hydrogen-bond acceptors (Lipinski definition) is 6. The number of hydrogen-bond donors (Lipinski definition) is 1. The molecule has 0 aliphatic heterocycles. The van der Waals surface area contributed by atoms with Gasteiger partial charge in [-0.3, -0.25) is 0 Å². The first-order chi connectivity index (χ1) is 10.3. The van der Waals surface area contributed by atoms with Gasteiger partial charge in [-0.2, -0.15) is 8.75 Å². The Morgan fingerprint density at radius 1 is 0.905 bits per heavy atom. The van der Waals surface area contributed by atoms with Crippen molar-refractivity contribution in [3.8, 4) is 11.5 Å². The van der Waals surface area contributed by atoms with Crippen molar-refractivity contribution in [2.45, 2.75) is 0 Å². The predicted molar refractivity (Wildman–Crippen MR) is 87.5 cm³/mol. The molecule has 0 aliphatic carbocycles. The highest BCUT2D eigenvalue weighted by Crippen LogP contribution is 2.27. The molecule has 0 aliphatic rings. The van der Waals surface area contributed by atoms with E-state index in [2.05, 4.69) is 8.75 Å². The second kappa shape index (κ2) is 6.07. The van der Waals surface area contributed by atoms with Crippen molar-refractivity contribution < 1.29 is 9.84 Å². The van der Waals surface area contributed by atoms with Gasteiger partial charge in [0.15, 0.2) is 0 Å². The highest BCUT2D eigenvalue weighted by molar-refractivity contribution is 7.13. The molecule has 0 amide bonds. The molecule has 4 rings (SSSR count). The normalized spacial score (nSPS) is 10.3. The number of fused-ring (bicyclic) bond motifs is 2. The smallest absolute Gasteiger partial charge is 0.129 e. The van der Waals surface area contributed by atoms with Crippen LogP contribution in [0.25, 0.3) is 20.2 Å². The summed E-state index contributed by atoms with van der Waals surface area (Å²) in [5.74, 6) is 1.21. The van der Waals surface area contributed by atoms with Gasteiger partial charge in [-0.25, -0.2) is 0 Å². The Morgan fingerprint density at radius 2 is 1.52 bits per heavy atom. The number of phenols is 1. The van der Waals surface area contributed by atoms with E-state index < -0.39 is 0 Å². The van der Waals surface area contributed by atoms with Gasteiger partial charge in [0.05, 0.1) is 39.7 Å². The topological polar surface area (TPSA) is 55.2 Å². The van der Waals surface area contributed by atoms with Gasteiger partial charge >= 0.3 is 0 Å². The van der Waals surface area contributed by atoms with Crippen molar-refractivity contribution in [1.29, 1.82) is 0 Å². The highest BCUT2D eigenvalue weighted by Gasteiger charge is 2.00. The molecule has 0 unspecified atom stereocenters. The summed E-state index contributed by atoms with van der Waals surface area (Å²) >= 11 is 2.88. The van der Waals surface area contributed by atoms with Gasteiger partial charge in [-0.15, -0.1) is 0 Å². The molecule has 1 N–H and O–H groups in total. The van der Waals surface area contributed by atoms with E-state index in [0.717, 1.165) is 21.2 Å². The second-order valence-corrected chi connectivity index (χ2v) is 5.88. The van der Waals surface area contributed by atoms with Gasteiger partial charge in [0.1, 0.15) is 11.5 Å². The molecule has 0 spiro atoms. The third kappa shape index (κ3) is 2.81. The number of aromatic nitrogens is 2. The lowest BCUT2D eigenvalue weighted by molar-refractivity contribution is 0.420. The van der Waals surface area contributed by atoms with Crippen molar-refractivity contribution in [2.75, 3.05) is 7.11 Å². The molecule has 4 nitrogen and oxygen atoms in total. The fraction of sp³-hybridized carbons (Fsp3) is 0.0667. The van der Waals surface area contributed by atoms with Crippen LogP contribution in [0.3, 0.4) is 0 Å². The van der Waals surface area contributed by atoms with E-state index in [-0.39, 0.29) is 0 Å². The average Bonchev–Trinajstić information content (AvgIpc) is 3.16. The maximum Gasteiger partial charge on any atom is 0.129 e. The average molecular weight is 316 g/mol. The number of nitrogens with zero attached hydrogens (tertiary/aromatic N) is 2. The monoisotopic (exact) mass is 316 g/mol. The van der Waals surface area contributed by atoms with E-state index in [1.54, 1.807) is 19.4 Å². The summed E-state index contributed by atoms with van der Waals surface area (Å²) < 4.78 is 15.4. The van der Waals surface area contributed by atoms with Crippen molar-refractivity contribution in [3.05, 3.63) is 48.8 Å². The van der Waals surface area contributed by atoms with Crippen molar-refractivity contribution in [3.63, 3.8) is 0 Å². The van der Waals surface area contributed by atoms with E-state index in [1.165, 1.54) is 27.8 Å². The Bertz CT molecular complexity index is 870. The van der Waals surface area contributed by atoms with Gasteiger partial charge in [-0.1, -0.05) is 12.1 Å². The van der Waals surface area contributed by atoms with E-state index in [9.17, 15) is 5.11 Å². The summed E-state index contributed by atoms with van der Waals surface area (Å²) in [4.78, 5) is 0. The first-order valence-corrected chi connectivity index (χ1v) is 7.74. The third-order valence-electron chi connectivity index (χ3n) is 2.95. The van der Waals surface area contributed by atoms with Crippen LogP contribution in [0.5, 0.6) is 11.5 Å². The second-order valence-electron chi connectivity index (χ2n) is 4.21. The standard InChI is InChI=1S/C8H7NOS.C7H5NOS/c1-10-7-3-2-4-8-6(7)5-9-11-8;9-6-2-1-3-7-5(6)4-8-10-7/h2-5H,1H3;1-4,9H. The molecule has 2 aromatic heterocycles. The van der Waals surface area contributed by atoms with Crippen LogP contribution in [0.4, 0.5) is 0 Å². The fourth-order valence-electron chi connectivity index (χ4n) is 1.92. The zero-order valence-electron chi connectivity index (χ0n) is 11.2. The first-order valence-electron chi connectivity index (χ1n) is 6.19. The van der Waals surface area contributed by atoms with Gasteiger partial charge in [0.2, 0.25) is 0 Å². The molecule has 106 valence electrons. The molecule has 0 saturated carbocycles. The Labute approximate surface area is 129 Å². The van der Waals surface area contributed by atoms with Crippen LogP contribution in [-0.4, -0.2) is 21.0 Å². The number of rotatable bonds is 1. The van der Waals surface area contributed by atoms with Crippen LogP contribution in [0.1, 0.15) is 0 Å². The van der Waals surface area contributed by atoms with Crippen LogP contribution >= 0.6 is 23.1 Å². The minimum Gasteiger partial charge on any atom is -0.507 e. The molecule has 0 atom stereocenters. The molecular weight excluding hydrogens is 304 g/mol. The number of phenolic OH excluding ortho intramolecular Hbond substituents is 1. The van der Waals surface area contributed by atoms with Crippen LogP contribution in [0, 0.1) is 0 Å². The summed E-state index contributed by atoms with van der Waals surface area (Å²) in [5, 5.41) is 11.2. The number of ether oxygens (including phenoxy) is 1. The number of aromatic hydroxyl groups is 1. The van der Waals surface area contributed by atoms with Gasteiger partial charge in [0, 0.05) is 0 Å². The largest absolute Gasteiger partial charge is 0.507 e. The quantitative estimate of drug-likeness (QED) is 0.568. The Balaban J connectivity index is 0.000000126. The Kier molecular flexibility index (Phi) is 3.98. The minimum absolute atomic E-state index is 0.311. The van der Waals surface area contributed by atoms with Crippen LogP contribution < -0.4 is 4.74 Å². The number of methoxy groups -OCH3 is 1. The molecular formula is C15H12N2O2S2. The maximum absolute atomic E-state index is 9.23. The Morgan fingerprint density at radius 3 is 2.19 bits per heavy atom. The molecule has 4 aromatic rings. The molecule has 0 fully saturated rings. The fourth-order valence-corrected chi connectivity index (χ4v) is 3.25. The zero-order chi connectivity index (χ0) is 14.7.